The number of hydrogen-bond donors (Lipinski definition) is 0. The summed E-state index contributed by atoms with van der Waals surface area (Å²) in [5.74, 6) is 2.84. The number of Topliss-reactive ketones (excluding diaryl/α,β-unsaturated/α-hetero) is 2. The summed E-state index contributed by atoms with van der Waals surface area (Å²) in [6, 6.07) is 0. The van der Waals surface area contributed by atoms with Crippen LogP contribution in [0.2, 0.25) is 0 Å². The minimum absolute atomic E-state index is 0.00411. The van der Waals surface area contributed by atoms with Gasteiger partial charge in [0.2, 0.25) is 6.29 Å². The lowest BCUT2D eigenvalue weighted by Crippen LogP contribution is -2.50. The summed E-state index contributed by atoms with van der Waals surface area (Å²) in [6.07, 6.45) is 6.70. The van der Waals surface area contributed by atoms with Crippen molar-refractivity contribution in [1.82, 2.24) is 0 Å². The maximum absolute atomic E-state index is 13.4. The van der Waals surface area contributed by atoms with Gasteiger partial charge in [0.1, 0.15) is 5.78 Å². The van der Waals surface area contributed by atoms with Gasteiger partial charge in [0.05, 0.1) is 12.7 Å². The smallest absolute Gasteiger partial charge is 0.218 e. The molecule has 2 saturated heterocycles. The van der Waals surface area contributed by atoms with Gasteiger partial charge < -0.3 is 9.47 Å². The van der Waals surface area contributed by atoms with E-state index in [0.29, 0.717) is 12.4 Å². The van der Waals surface area contributed by atoms with Gasteiger partial charge in [-0.15, -0.1) is 0 Å². The fourth-order valence-electron chi connectivity index (χ4n) is 7.20. The van der Waals surface area contributed by atoms with Crippen molar-refractivity contribution in [3.63, 3.8) is 0 Å². The van der Waals surface area contributed by atoms with Crippen molar-refractivity contribution in [3.8, 4) is 0 Å². The van der Waals surface area contributed by atoms with Gasteiger partial charge in [-0.25, -0.2) is 0 Å². The van der Waals surface area contributed by atoms with Crippen LogP contribution in [0.15, 0.2) is 0 Å². The van der Waals surface area contributed by atoms with Crippen LogP contribution < -0.4 is 0 Å². The van der Waals surface area contributed by atoms with E-state index in [9.17, 15) is 9.59 Å². The number of hydrogen-bond acceptors (Lipinski definition) is 4. The van der Waals surface area contributed by atoms with E-state index in [1.807, 2.05) is 0 Å². The zero-order valence-corrected chi connectivity index (χ0v) is 12.7. The van der Waals surface area contributed by atoms with Gasteiger partial charge in [-0.3, -0.25) is 9.59 Å². The summed E-state index contributed by atoms with van der Waals surface area (Å²) >= 11 is 0. The van der Waals surface area contributed by atoms with Crippen LogP contribution in [-0.2, 0) is 19.1 Å². The van der Waals surface area contributed by atoms with Gasteiger partial charge in [0.15, 0.2) is 5.78 Å². The van der Waals surface area contributed by atoms with Crippen molar-refractivity contribution in [3.05, 3.63) is 0 Å². The van der Waals surface area contributed by atoms with Crippen LogP contribution in [0.5, 0.6) is 0 Å². The van der Waals surface area contributed by atoms with E-state index in [2.05, 4.69) is 0 Å². The number of carbonyl (C=O) groups is 2. The second kappa shape index (κ2) is 3.84. The molecule has 0 radical (unpaired) electrons. The topological polar surface area (TPSA) is 52.6 Å². The summed E-state index contributed by atoms with van der Waals surface area (Å²) in [7, 11) is 0. The molecule has 6 bridgehead atoms. The van der Waals surface area contributed by atoms with Crippen LogP contribution in [0.25, 0.3) is 0 Å². The Morgan fingerprint density at radius 3 is 2.32 bits per heavy atom. The molecule has 0 N–H and O–H groups in total. The van der Waals surface area contributed by atoms with Crippen LogP contribution in [0.1, 0.15) is 38.5 Å². The molecule has 4 heteroatoms. The molecule has 0 aromatic carbocycles. The molecule has 7 rings (SSSR count). The third-order valence-corrected chi connectivity index (χ3v) is 7.64. The SMILES string of the molecule is O=C1[C@@H]2OC[C@H](O2)[C@H]2[C@H]1[C@H]2C(=O)C12CC3CC(CC(C3)C1)C2. The first kappa shape index (κ1) is 12.7. The summed E-state index contributed by atoms with van der Waals surface area (Å²) < 4.78 is 11.0. The molecule has 2 aliphatic heterocycles. The number of fused-ring (bicyclic) bond motifs is 4. The predicted molar refractivity (Wildman–Crippen MR) is 75.7 cm³/mol. The number of carbonyl (C=O) groups excluding carboxylic acids is 2. The van der Waals surface area contributed by atoms with E-state index < -0.39 is 6.29 Å². The fraction of sp³-hybridized carbons (Fsp3) is 0.889. The monoisotopic (exact) mass is 302 g/mol. The summed E-state index contributed by atoms with van der Waals surface area (Å²) in [5, 5.41) is 0. The highest BCUT2D eigenvalue weighted by molar-refractivity contribution is 6.00. The molecular weight excluding hydrogens is 280 g/mol. The van der Waals surface area contributed by atoms with E-state index in [4.69, 9.17) is 9.47 Å². The lowest BCUT2D eigenvalue weighted by molar-refractivity contribution is -0.154. The molecule has 7 aliphatic rings. The number of ether oxygens (including phenoxy) is 2. The zero-order valence-electron chi connectivity index (χ0n) is 12.7. The molecule has 0 amide bonds. The van der Waals surface area contributed by atoms with Crippen LogP contribution in [0.3, 0.4) is 0 Å². The molecule has 4 nitrogen and oxygen atoms in total. The third-order valence-electron chi connectivity index (χ3n) is 7.64. The molecule has 0 aromatic heterocycles. The zero-order chi connectivity index (χ0) is 14.6. The Bertz CT molecular complexity index is 546. The quantitative estimate of drug-likeness (QED) is 0.782. The fourth-order valence-corrected chi connectivity index (χ4v) is 7.20. The van der Waals surface area contributed by atoms with Gasteiger partial charge in [0, 0.05) is 23.2 Å². The first-order chi connectivity index (χ1) is 10.6. The van der Waals surface area contributed by atoms with Crippen LogP contribution >= 0.6 is 0 Å². The minimum Gasteiger partial charge on any atom is -0.343 e. The Hall–Kier alpha value is -0.740. The Morgan fingerprint density at radius 1 is 1.05 bits per heavy atom. The maximum atomic E-state index is 13.4. The molecule has 5 saturated carbocycles. The average Bonchev–Trinajstić information content (AvgIpc) is 3.07. The maximum Gasteiger partial charge on any atom is 0.218 e. The van der Waals surface area contributed by atoms with E-state index >= 15 is 0 Å². The molecule has 7 fully saturated rings. The highest BCUT2D eigenvalue weighted by Gasteiger charge is 2.71. The minimum atomic E-state index is -0.666. The Kier molecular flexibility index (Phi) is 2.21. The van der Waals surface area contributed by atoms with Crippen molar-refractivity contribution in [2.75, 3.05) is 6.61 Å². The van der Waals surface area contributed by atoms with Crippen LogP contribution in [0, 0.1) is 40.9 Å². The second-order valence-electron chi connectivity index (χ2n) is 8.93. The molecule has 2 heterocycles. The molecule has 118 valence electrons. The molecule has 5 aliphatic carbocycles. The van der Waals surface area contributed by atoms with Gasteiger partial charge in [0.25, 0.3) is 0 Å². The molecule has 22 heavy (non-hydrogen) atoms. The Balaban J connectivity index is 1.31. The van der Waals surface area contributed by atoms with E-state index in [1.165, 1.54) is 19.3 Å². The van der Waals surface area contributed by atoms with Crippen LogP contribution in [-0.4, -0.2) is 30.6 Å². The summed E-state index contributed by atoms with van der Waals surface area (Å²) in [6.45, 7) is 0.502. The number of ketones is 2. The lowest BCUT2D eigenvalue weighted by Gasteiger charge is -2.56. The first-order valence-corrected chi connectivity index (χ1v) is 9.00. The van der Waals surface area contributed by atoms with Gasteiger partial charge in [-0.05, 0) is 56.3 Å². The molecule has 0 aromatic rings. The van der Waals surface area contributed by atoms with Crippen molar-refractivity contribution in [2.45, 2.75) is 50.9 Å². The van der Waals surface area contributed by atoms with Crippen molar-refractivity contribution >= 4 is 11.6 Å². The van der Waals surface area contributed by atoms with Gasteiger partial charge >= 0.3 is 0 Å². The predicted octanol–water partition coefficient (Wildman–Crippen LogP) is 1.96. The Morgan fingerprint density at radius 2 is 1.68 bits per heavy atom. The first-order valence-electron chi connectivity index (χ1n) is 9.00. The second-order valence-corrected chi connectivity index (χ2v) is 8.93. The largest absolute Gasteiger partial charge is 0.343 e. The molecule has 0 spiro atoms. The van der Waals surface area contributed by atoms with E-state index in [1.54, 1.807) is 0 Å². The van der Waals surface area contributed by atoms with Crippen molar-refractivity contribution in [1.29, 1.82) is 0 Å². The van der Waals surface area contributed by atoms with E-state index in [0.717, 1.165) is 37.0 Å². The normalized spacial score (nSPS) is 60.5. The lowest BCUT2D eigenvalue weighted by atomic mass is 9.48. The molecule has 5 atom stereocenters. The highest BCUT2D eigenvalue weighted by atomic mass is 16.7. The van der Waals surface area contributed by atoms with E-state index in [-0.39, 0.29) is 35.1 Å². The number of rotatable bonds is 2. The molecular formula is C18H22O4. The summed E-state index contributed by atoms with van der Waals surface area (Å²) in [5.41, 5.74) is -0.0723. The van der Waals surface area contributed by atoms with Crippen molar-refractivity contribution < 1.29 is 19.1 Å². The Labute approximate surface area is 129 Å². The highest BCUT2D eigenvalue weighted by Crippen LogP contribution is 2.65. The average molecular weight is 302 g/mol. The molecule has 0 unspecified atom stereocenters. The van der Waals surface area contributed by atoms with Crippen LogP contribution in [0.4, 0.5) is 0 Å². The summed E-state index contributed by atoms with van der Waals surface area (Å²) in [4.78, 5) is 25.8. The van der Waals surface area contributed by atoms with Gasteiger partial charge in [-0.1, -0.05) is 0 Å². The van der Waals surface area contributed by atoms with Gasteiger partial charge in [-0.2, -0.15) is 0 Å². The third kappa shape index (κ3) is 1.42. The van der Waals surface area contributed by atoms with Crippen molar-refractivity contribution in [2.24, 2.45) is 40.9 Å². The standard InChI is InChI=1S/C18H22O4/c19-15-13-12(11-7-21-17(15)22-11)14(13)16(20)18-4-8-1-9(5-18)3-10(2-8)6-18/h8-14,17H,1-7H2/t8?,9?,10?,11-,12-,13-,14-,17+,18?/m0/s1.